The number of nitrogens with zero attached hydrogens (tertiary/aromatic N) is 2. The van der Waals surface area contributed by atoms with Crippen molar-refractivity contribution in [2.24, 2.45) is 5.92 Å². The van der Waals surface area contributed by atoms with E-state index in [0.717, 1.165) is 0 Å². The third-order valence-corrected chi connectivity index (χ3v) is 3.61. The highest BCUT2D eigenvalue weighted by molar-refractivity contribution is 6.01. The first-order chi connectivity index (χ1) is 9.86. The van der Waals surface area contributed by atoms with Crippen molar-refractivity contribution in [3.05, 3.63) is 0 Å². The van der Waals surface area contributed by atoms with Gasteiger partial charge in [0, 0.05) is 32.7 Å². The van der Waals surface area contributed by atoms with E-state index in [1.165, 1.54) is 9.80 Å². The van der Waals surface area contributed by atoms with Crippen LogP contribution in [0.4, 0.5) is 4.79 Å². The number of amides is 4. The van der Waals surface area contributed by atoms with E-state index in [2.05, 4.69) is 5.32 Å². The van der Waals surface area contributed by atoms with Crippen molar-refractivity contribution < 1.29 is 19.5 Å². The molecule has 7 nitrogen and oxygen atoms in total. The van der Waals surface area contributed by atoms with Crippen LogP contribution in [0.5, 0.6) is 0 Å². The number of rotatable bonds is 8. The van der Waals surface area contributed by atoms with Crippen LogP contribution in [-0.2, 0) is 9.59 Å². The summed E-state index contributed by atoms with van der Waals surface area (Å²) in [5, 5.41) is 11.8. The number of aliphatic hydroxyl groups excluding tert-OH is 1. The van der Waals surface area contributed by atoms with Crippen LogP contribution in [0.3, 0.4) is 0 Å². The minimum Gasteiger partial charge on any atom is -0.396 e. The maximum absolute atomic E-state index is 11.8. The molecule has 0 bridgehead atoms. The van der Waals surface area contributed by atoms with Crippen molar-refractivity contribution in [3.8, 4) is 0 Å². The van der Waals surface area contributed by atoms with Gasteiger partial charge in [0.2, 0.25) is 11.8 Å². The van der Waals surface area contributed by atoms with E-state index in [4.69, 9.17) is 5.11 Å². The molecule has 2 N–H and O–H groups in total. The monoisotopic (exact) mass is 299 g/mol. The van der Waals surface area contributed by atoms with Gasteiger partial charge in [0.1, 0.15) is 6.54 Å². The quantitative estimate of drug-likeness (QED) is 0.626. The topological polar surface area (TPSA) is 89.9 Å². The summed E-state index contributed by atoms with van der Waals surface area (Å²) < 4.78 is 0. The Morgan fingerprint density at radius 2 is 2.05 bits per heavy atom. The van der Waals surface area contributed by atoms with Gasteiger partial charge < -0.3 is 15.3 Å². The van der Waals surface area contributed by atoms with E-state index in [1.54, 1.807) is 7.05 Å². The maximum atomic E-state index is 11.8. The molecular weight excluding hydrogens is 274 g/mol. The first-order valence-electron chi connectivity index (χ1n) is 7.32. The fourth-order valence-corrected chi connectivity index (χ4v) is 2.28. The van der Waals surface area contributed by atoms with Crippen molar-refractivity contribution in [3.63, 3.8) is 0 Å². The smallest absolute Gasteiger partial charge is 0.326 e. The number of hydrogen-bond donors (Lipinski definition) is 2. The van der Waals surface area contributed by atoms with Gasteiger partial charge in [0.25, 0.3) is 0 Å². The molecule has 120 valence electrons. The summed E-state index contributed by atoms with van der Waals surface area (Å²) in [5.41, 5.74) is 0. The first-order valence-corrected chi connectivity index (χ1v) is 7.32. The van der Waals surface area contributed by atoms with Gasteiger partial charge in [-0.3, -0.25) is 14.5 Å². The normalized spacial score (nSPS) is 16.8. The van der Waals surface area contributed by atoms with Crippen LogP contribution in [0.1, 0.15) is 33.1 Å². The van der Waals surface area contributed by atoms with E-state index in [9.17, 15) is 14.4 Å². The van der Waals surface area contributed by atoms with Gasteiger partial charge in [-0.05, 0) is 18.8 Å². The largest absolute Gasteiger partial charge is 0.396 e. The third kappa shape index (κ3) is 5.00. The molecule has 0 radical (unpaired) electrons. The van der Waals surface area contributed by atoms with Crippen LogP contribution in [-0.4, -0.2) is 65.5 Å². The summed E-state index contributed by atoms with van der Waals surface area (Å²) >= 11 is 0. The molecule has 0 aromatic rings. The number of nitrogens with one attached hydrogen (secondary N) is 1. The molecular formula is C14H25N3O4. The van der Waals surface area contributed by atoms with Gasteiger partial charge in [-0.1, -0.05) is 13.8 Å². The van der Waals surface area contributed by atoms with Gasteiger partial charge in [-0.25, -0.2) is 4.79 Å². The lowest BCUT2D eigenvalue weighted by atomic mass is 10.0. The summed E-state index contributed by atoms with van der Waals surface area (Å²) in [5.74, 6) is -0.0886. The van der Waals surface area contributed by atoms with E-state index >= 15 is 0 Å². The number of carbonyl (C=O) groups excluding carboxylic acids is 3. The lowest BCUT2D eigenvalue weighted by Crippen LogP contribution is -2.39. The summed E-state index contributed by atoms with van der Waals surface area (Å²) in [6, 6.07) is -0.357. The highest BCUT2D eigenvalue weighted by atomic mass is 16.3. The van der Waals surface area contributed by atoms with Crippen molar-refractivity contribution in [2.45, 2.75) is 39.2 Å². The Labute approximate surface area is 125 Å². The van der Waals surface area contributed by atoms with Crippen LogP contribution >= 0.6 is 0 Å². The summed E-state index contributed by atoms with van der Waals surface area (Å²) in [6.07, 6.45) is 1.23. The standard InChI is InChI=1S/C14H25N3O4/c1-10(2)11(6-8-18)15-12(19)5-4-7-17-13(20)9-16(3)14(17)21/h10-11,18H,4-9H2,1-3H3,(H,15,19). The minimum absolute atomic E-state index is 0.0340. The number of carbonyl (C=O) groups is 3. The number of aliphatic hydroxyl groups is 1. The Kier molecular flexibility index (Phi) is 6.61. The zero-order valence-electron chi connectivity index (χ0n) is 13.0. The van der Waals surface area contributed by atoms with Crippen molar-refractivity contribution in [1.29, 1.82) is 0 Å². The van der Waals surface area contributed by atoms with Gasteiger partial charge in [-0.15, -0.1) is 0 Å². The molecule has 21 heavy (non-hydrogen) atoms. The Hall–Kier alpha value is -1.63. The Bertz CT molecular complexity index is 398. The van der Waals surface area contributed by atoms with E-state index in [1.807, 2.05) is 13.8 Å². The van der Waals surface area contributed by atoms with Gasteiger partial charge >= 0.3 is 6.03 Å². The molecule has 0 saturated carbocycles. The molecule has 7 heteroatoms. The van der Waals surface area contributed by atoms with Crippen molar-refractivity contribution >= 4 is 17.8 Å². The van der Waals surface area contributed by atoms with E-state index in [-0.39, 0.29) is 55.9 Å². The number of likely N-dealkylation sites (N-methyl/N-ethyl adjacent to an activating group) is 1. The molecule has 1 heterocycles. The van der Waals surface area contributed by atoms with Crippen LogP contribution in [0.2, 0.25) is 0 Å². The van der Waals surface area contributed by atoms with Gasteiger partial charge in [-0.2, -0.15) is 0 Å². The fourth-order valence-electron chi connectivity index (χ4n) is 2.28. The second kappa shape index (κ2) is 7.97. The van der Waals surface area contributed by atoms with Crippen LogP contribution in [0.15, 0.2) is 0 Å². The third-order valence-electron chi connectivity index (χ3n) is 3.61. The van der Waals surface area contributed by atoms with Gasteiger partial charge in [0.15, 0.2) is 0 Å². The number of hydrogen-bond acceptors (Lipinski definition) is 4. The lowest BCUT2D eigenvalue weighted by molar-refractivity contribution is -0.126. The molecule has 1 saturated heterocycles. The average Bonchev–Trinajstić information content (AvgIpc) is 2.64. The van der Waals surface area contributed by atoms with Crippen molar-refractivity contribution in [2.75, 3.05) is 26.7 Å². The van der Waals surface area contributed by atoms with Crippen LogP contribution < -0.4 is 5.32 Å². The first kappa shape index (κ1) is 17.4. The molecule has 0 aliphatic carbocycles. The molecule has 4 amide bonds. The Balaban J connectivity index is 2.33. The van der Waals surface area contributed by atoms with Crippen LogP contribution in [0.25, 0.3) is 0 Å². The minimum atomic E-state index is -0.305. The molecule has 1 aliphatic rings. The molecule has 1 aliphatic heterocycles. The molecule has 1 atom stereocenters. The highest BCUT2D eigenvalue weighted by Gasteiger charge is 2.32. The van der Waals surface area contributed by atoms with Gasteiger partial charge in [0.05, 0.1) is 0 Å². The van der Waals surface area contributed by atoms with Crippen molar-refractivity contribution in [1.82, 2.24) is 15.1 Å². The van der Waals surface area contributed by atoms with E-state index < -0.39 is 0 Å². The predicted molar refractivity (Wildman–Crippen MR) is 77.4 cm³/mol. The maximum Gasteiger partial charge on any atom is 0.326 e. The fraction of sp³-hybridized carbons (Fsp3) is 0.786. The van der Waals surface area contributed by atoms with Crippen LogP contribution in [0, 0.1) is 5.92 Å². The molecule has 1 unspecified atom stereocenters. The second-order valence-corrected chi connectivity index (χ2v) is 5.72. The molecule has 0 aromatic heterocycles. The molecule has 0 aromatic carbocycles. The summed E-state index contributed by atoms with van der Waals surface area (Å²) in [6.45, 7) is 4.38. The Morgan fingerprint density at radius 3 is 2.52 bits per heavy atom. The zero-order valence-corrected chi connectivity index (χ0v) is 13.0. The molecule has 1 rings (SSSR count). The SMILES string of the molecule is CC(C)C(CCO)NC(=O)CCCN1C(=O)CN(C)C1=O. The highest BCUT2D eigenvalue weighted by Crippen LogP contribution is 2.10. The summed E-state index contributed by atoms with van der Waals surface area (Å²) in [4.78, 5) is 37.6. The predicted octanol–water partition coefficient (Wildman–Crippen LogP) is 0.184. The molecule has 1 fully saturated rings. The number of imide groups is 1. The lowest BCUT2D eigenvalue weighted by Gasteiger charge is -2.21. The number of urea groups is 1. The second-order valence-electron chi connectivity index (χ2n) is 5.72. The van der Waals surface area contributed by atoms with E-state index in [0.29, 0.717) is 12.8 Å². The average molecular weight is 299 g/mol. The Morgan fingerprint density at radius 1 is 1.38 bits per heavy atom. The zero-order chi connectivity index (χ0) is 16.0. The molecule has 0 spiro atoms. The summed E-state index contributed by atoms with van der Waals surface area (Å²) in [7, 11) is 1.58.